The molecule has 4 nitrogen and oxygen atoms in total. The van der Waals surface area contributed by atoms with E-state index in [4.69, 9.17) is 0 Å². The molecule has 0 heterocycles. The van der Waals surface area contributed by atoms with Gasteiger partial charge in [0.15, 0.2) is 5.78 Å². The quantitative estimate of drug-likeness (QED) is 0.475. The summed E-state index contributed by atoms with van der Waals surface area (Å²) in [5.74, 6) is -2.65. The van der Waals surface area contributed by atoms with E-state index in [-0.39, 0.29) is 35.1 Å². The van der Waals surface area contributed by atoms with E-state index in [0.29, 0.717) is 10.0 Å². The predicted molar refractivity (Wildman–Crippen MR) is 123 cm³/mol. The summed E-state index contributed by atoms with van der Waals surface area (Å²) in [7, 11) is 0. The SMILES string of the molecule is CC(=O)C1=C(O)C[C@@H](c2ccccc2Br)C(C(C)=O)(C(C)=O)C1c1ccccc1Br. The van der Waals surface area contributed by atoms with E-state index >= 15 is 0 Å². The van der Waals surface area contributed by atoms with Crippen molar-refractivity contribution < 1.29 is 19.5 Å². The van der Waals surface area contributed by atoms with Crippen LogP contribution in [0.4, 0.5) is 0 Å². The Morgan fingerprint density at radius 2 is 1.33 bits per heavy atom. The summed E-state index contributed by atoms with van der Waals surface area (Å²) in [6.07, 6.45) is 0.0254. The molecule has 30 heavy (non-hydrogen) atoms. The van der Waals surface area contributed by atoms with Gasteiger partial charge in [-0.05, 0) is 44.0 Å². The first-order valence-corrected chi connectivity index (χ1v) is 11.2. The van der Waals surface area contributed by atoms with Crippen molar-refractivity contribution in [1.29, 1.82) is 0 Å². The van der Waals surface area contributed by atoms with Crippen molar-refractivity contribution in [3.05, 3.63) is 79.9 Å². The number of halogens is 2. The Morgan fingerprint density at radius 3 is 1.77 bits per heavy atom. The van der Waals surface area contributed by atoms with Crippen LogP contribution in [0.2, 0.25) is 0 Å². The lowest BCUT2D eigenvalue weighted by molar-refractivity contribution is -0.142. The minimum Gasteiger partial charge on any atom is -0.512 e. The third-order valence-corrected chi connectivity index (χ3v) is 7.49. The number of ketones is 3. The summed E-state index contributed by atoms with van der Waals surface area (Å²) in [6.45, 7) is 4.16. The molecular weight excluding hydrogens is 512 g/mol. The Labute approximate surface area is 192 Å². The number of rotatable bonds is 5. The first-order valence-electron chi connectivity index (χ1n) is 9.57. The van der Waals surface area contributed by atoms with Gasteiger partial charge in [0.2, 0.25) is 0 Å². The molecule has 0 aromatic heterocycles. The monoisotopic (exact) mass is 532 g/mol. The molecule has 0 fully saturated rings. The van der Waals surface area contributed by atoms with Gasteiger partial charge in [-0.2, -0.15) is 0 Å². The van der Waals surface area contributed by atoms with Gasteiger partial charge < -0.3 is 5.11 Å². The number of Topliss-reactive ketones (excluding diaryl/α,β-unsaturated/α-hetero) is 3. The van der Waals surface area contributed by atoms with Gasteiger partial charge in [0, 0.05) is 32.8 Å². The van der Waals surface area contributed by atoms with E-state index in [1.807, 2.05) is 30.3 Å². The molecule has 1 N–H and O–H groups in total. The van der Waals surface area contributed by atoms with Crippen molar-refractivity contribution in [3.8, 4) is 0 Å². The summed E-state index contributed by atoms with van der Waals surface area (Å²) in [4.78, 5) is 39.4. The fraction of sp³-hybridized carbons (Fsp3) is 0.292. The zero-order valence-electron chi connectivity index (χ0n) is 16.9. The number of aliphatic hydroxyl groups excluding tert-OH is 1. The van der Waals surface area contributed by atoms with E-state index in [1.165, 1.54) is 20.8 Å². The second-order valence-corrected chi connectivity index (χ2v) is 9.34. The van der Waals surface area contributed by atoms with Crippen molar-refractivity contribution in [2.24, 2.45) is 5.41 Å². The maximum atomic E-state index is 13.4. The maximum absolute atomic E-state index is 13.4. The van der Waals surface area contributed by atoms with Crippen LogP contribution < -0.4 is 0 Å². The molecule has 0 radical (unpaired) electrons. The summed E-state index contributed by atoms with van der Waals surface area (Å²) >= 11 is 7.06. The average Bonchev–Trinajstić information content (AvgIpc) is 2.67. The highest BCUT2D eigenvalue weighted by Crippen LogP contribution is 2.59. The minimum atomic E-state index is -1.54. The number of carbonyl (C=O) groups excluding carboxylic acids is 3. The number of carbonyl (C=O) groups is 3. The lowest BCUT2D eigenvalue weighted by atomic mass is 9.52. The molecule has 1 aliphatic carbocycles. The predicted octanol–water partition coefficient (Wildman–Crippen LogP) is 6.05. The van der Waals surface area contributed by atoms with Gasteiger partial charge in [-0.3, -0.25) is 14.4 Å². The Kier molecular flexibility index (Phi) is 6.48. The van der Waals surface area contributed by atoms with E-state index < -0.39 is 17.3 Å². The fourth-order valence-corrected chi connectivity index (χ4v) is 5.91. The number of benzene rings is 2. The molecule has 156 valence electrons. The third kappa shape index (κ3) is 3.50. The van der Waals surface area contributed by atoms with Gasteiger partial charge in [0.1, 0.15) is 22.7 Å². The number of aliphatic hydroxyl groups is 1. The molecule has 0 amide bonds. The highest BCUT2D eigenvalue weighted by atomic mass is 79.9. The van der Waals surface area contributed by atoms with Gasteiger partial charge >= 0.3 is 0 Å². The van der Waals surface area contributed by atoms with Crippen LogP contribution in [0.3, 0.4) is 0 Å². The molecule has 0 aliphatic heterocycles. The van der Waals surface area contributed by atoms with Gasteiger partial charge in [-0.25, -0.2) is 0 Å². The van der Waals surface area contributed by atoms with E-state index in [0.717, 1.165) is 10.0 Å². The average molecular weight is 534 g/mol. The van der Waals surface area contributed by atoms with Crippen molar-refractivity contribution in [2.45, 2.75) is 39.0 Å². The summed E-state index contributed by atoms with van der Waals surface area (Å²) in [6, 6.07) is 14.6. The molecule has 1 unspecified atom stereocenters. The lowest BCUT2D eigenvalue weighted by Crippen LogP contribution is -2.51. The molecule has 0 saturated heterocycles. The molecule has 6 heteroatoms. The summed E-state index contributed by atoms with van der Waals surface area (Å²) < 4.78 is 1.41. The Balaban J connectivity index is 2.48. The number of hydrogen-bond donors (Lipinski definition) is 1. The second kappa shape index (κ2) is 8.60. The molecule has 0 spiro atoms. The maximum Gasteiger partial charge on any atom is 0.159 e. The fourth-order valence-electron chi connectivity index (χ4n) is 4.83. The van der Waals surface area contributed by atoms with E-state index in [1.54, 1.807) is 18.2 Å². The van der Waals surface area contributed by atoms with Crippen molar-refractivity contribution >= 4 is 49.2 Å². The molecule has 2 atom stereocenters. The largest absolute Gasteiger partial charge is 0.512 e. The Hall–Kier alpha value is -2.05. The van der Waals surface area contributed by atoms with Crippen LogP contribution in [-0.4, -0.2) is 22.5 Å². The van der Waals surface area contributed by atoms with Crippen LogP contribution >= 0.6 is 31.9 Å². The topological polar surface area (TPSA) is 71.4 Å². The first kappa shape index (κ1) is 22.6. The molecule has 2 aromatic carbocycles. The van der Waals surface area contributed by atoms with Crippen LogP contribution in [0.5, 0.6) is 0 Å². The second-order valence-electron chi connectivity index (χ2n) is 7.63. The summed E-state index contributed by atoms with van der Waals surface area (Å²) in [5, 5.41) is 11.0. The normalized spacial score (nSPS) is 20.7. The standard InChI is InChI=1S/C24H22Br2O4/c1-13(27)22-21(30)12-18(16-8-4-6-10-19(16)25)24(14(2)28,15(3)29)23(22)17-9-5-7-11-20(17)26/h4-11,18,23,30H,12H2,1-3H3/t18-,23?/m0/s1. The van der Waals surface area contributed by atoms with Gasteiger partial charge in [-0.15, -0.1) is 0 Å². The van der Waals surface area contributed by atoms with Crippen molar-refractivity contribution in [1.82, 2.24) is 0 Å². The van der Waals surface area contributed by atoms with Gasteiger partial charge in [0.05, 0.1) is 0 Å². The van der Waals surface area contributed by atoms with Crippen LogP contribution in [-0.2, 0) is 14.4 Å². The number of allylic oxidation sites excluding steroid dienone is 2. The van der Waals surface area contributed by atoms with Crippen LogP contribution in [0.15, 0.2) is 68.8 Å². The highest BCUT2D eigenvalue weighted by Gasteiger charge is 2.59. The van der Waals surface area contributed by atoms with E-state index in [9.17, 15) is 19.5 Å². The molecule has 3 rings (SSSR count). The minimum absolute atomic E-state index is 0.0254. The van der Waals surface area contributed by atoms with Crippen LogP contribution in [0, 0.1) is 5.41 Å². The van der Waals surface area contributed by atoms with Crippen LogP contribution in [0.25, 0.3) is 0 Å². The molecule has 0 saturated carbocycles. The lowest BCUT2D eigenvalue weighted by Gasteiger charge is -2.47. The smallest absolute Gasteiger partial charge is 0.159 e. The van der Waals surface area contributed by atoms with Gasteiger partial charge in [-0.1, -0.05) is 68.3 Å². The Morgan fingerprint density at radius 1 is 0.867 bits per heavy atom. The van der Waals surface area contributed by atoms with Crippen molar-refractivity contribution in [3.63, 3.8) is 0 Å². The Bertz CT molecular complexity index is 1060. The van der Waals surface area contributed by atoms with Gasteiger partial charge in [0.25, 0.3) is 0 Å². The van der Waals surface area contributed by atoms with E-state index in [2.05, 4.69) is 31.9 Å². The van der Waals surface area contributed by atoms with Crippen LogP contribution in [0.1, 0.15) is 50.2 Å². The molecule has 1 aliphatic rings. The molecule has 0 bridgehead atoms. The number of hydrogen-bond acceptors (Lipinski definition) is 4. The first-order chi connectivity index (χ1) is 14.1. The third-order valence-electron chi connectivity index (χ3n) is 6.04. The zero-order chi connectivity index (χ0) is 22.2. The molecular formula is C24H22Br2O4. The highest BCUT2D eigenvalue weighted by molar-refractivity contribution is 9.10. The molecule has 2 aromatic rings. The zero-order valence-corrected chi connectivity index (χ0v) is 20.1. The van der Waals surface area contributed by atoms with Crippen molar-refractivity contribution in [2.75, 3.05) is 0 Å². The summed E-state index contributed by atoms with van der Waals surface area (Å²) in [5.41, 5.74) is -0.0536.